The van der Waals surface area contributed by atoms with Crippen molar-refractivity contribution in [3.63, 3.8) is 0 Å². The third-order valence-electron chi connectivity index (χ3n) is 2.83. The van der Waals surface area contributed by atoms with Crippen LogP contribution in [-0.4, -0.2) is 38.2 Å². The maximum Gasteiger partial charge on any atom is 0.355 e. The minimum absolute atomic E-state index is 0.317. The molecule has 0 aliphatic carbocycles. The fourth-order valence-corrected chi connectivity index (χ4v) is 1.73. The minimum Gasteiger partial charge on any atom is -0.504 e. The van der Waals surface area contributed by atoms with Crippen LogP contribution >= 0.6 is 0 Å². The van der Waals surface area contributed by atoms with Gasteiger partial charge < -0.3 is 20.1 Å². The SMILES string of the molecule is O=C(C=Cc1ccc(O)c(O)c1)OC(=O)c1cccnc1C(=O)O. The van der Waals surface area contributed by atoms with Crippen molar-refractivity contribution in [2.24, 2.45) is 0 Å². The van der Waals surface area contributed by atoms with Crippen molar-refractivity contribution in [1.29, 1.82) is 0 Å². The lowest BCUT2D eigenvalue weighted by atomic mass is 10.2. The van der Waals surface area contributed by atoms with E-state index in [1.165, 1.54) is 42.6 Å². The molecule has 1 aromatic carbocycles. The van der Waals surface area contributed by atoms with Crippen molar-refractivity contribution in [2.45, 2.75) is 0 Å². The molecule has 8 heteroatoms. The lowest BCUT2D eigenvalue weighted by molar-refractivity contribution is -0.132. The Morgan fingerprint density at radius 3 is 2.50 bits per heavy atom. The zero-order chi connectivity index (χ0) is 17.7. The third kappa shape index (κ3) is 3.95. The van der Waals surface area contributed by atoms with Crippen LogP contribution in [0.5, 0.6) is 11.5 Å². The van der Waals surface area contributed by atoms with Crippen LogP contribution in [0, 0.1) is 0 Å². The Kier molecular flexibility index (Phi) is 4.90. The van der Waals surface area contributed by atoms with Gasteiger partial charge >= 0.3 is 17.9 Å². The number of phenols is 2. The molecule has 1 heterocycles. The second-order valence-corrected chi connectivity index (χ2v) is 4.49. The van der Waals surface area contributed by atoms with Gasteiger partial charge in [0.2, 0.25) is 0 Å². The van der Waals surface area contributed by atoms with Gasteiger partial charge in [0.25, 0.3) is 0 Å². The number of benzene rings is 1. The highest BCUT2D eigenvalue weighted by Gasteiger charge is 2.20. The highest BCUT2D eigenvalue weighted by molar-refractivity contribution is 6.06. The topological polar surface area (TPSA) is 134 Å². The van der Waals surface area contributed by atoms with E-state index in [-0.39, 0.29) is 17.1 Å². The van der Waals surface area contributed by atoms with E-state index >= 15 is 0 Å². The van der Waals surface area contributed by atoms with Gasteiger partial charge in [0.1, 0.15) is 0 Å². The Hall–Kier alpha value is -3.68. The number of hydrogen-bond acceptors (Lipinski definition) is 7. The maximum absolute atomic E-state index is 11.8. The van der Waals surface area contributed by atoms with Crippen molar-refractivity contribution in [3.05, 3.63) is 59.4 Å². The highest BCUT2D eigenvalue weighted by Crippen LogP contribution is 2.25. The number of carbonyl (C=O) groups is 3. The predicted molar refractivity (Wildman–Crippen MR) is 80.4 cm³/mol. The Morgan fingerprint density at radius 1 is 1.08 bits per heavy atom. The maximum atomic E-state index is 11.8. The first-order valence-electron chi connectivity index (χ1n) is 6.53. The minimum atomic E-state index is -1.43. The normalized spacial score (nSPS) is 10.5. The van der Waals surface area contributed by atoms with Crippen LogP contribution in [0.4, 0.5) is 0 Å². The first-order valence-corrected chi connectivity index (χ1v) is 6.53. The number of esters is 2. The van der Waals surface area contributed by atoms with Crippen LogP contribution in [0.2, 0.25) is 0 Å². The van der Waals surface area contributed by atoms with E-state index in [2.05, 4.69) is 9.72 Å². The van der Waals surface area contributed by atoms with Gasteiger partial charge in [0, 0.05) is 12.3 Å². The fraction of sp³-hybridized carbons (Fsp3) is 0. The molecular formula is C16H11NO7. The summed E-state index contributed by atoms with van der Waals surface area (Å²) >= 11 is 0. The molecule has 0 aliphatic rings. The Labute approximate surface area is 135 Å². The largest absolute Gasteiger partial charge is 0.504 e. The van der Waals surface area contributed by atoms with Crippen molar-refractivity contribution in [2.75, 3.05) is 0 Å². The van der Waals surface area contributed by atoms with Gasteiger partial charge in [-0.1, -0.05) is 6.07 Å². The van der Waals surface area contributed by atoms with Gasteiger partial charge in [-0.05, 0) is 35.9 Å². The number of nitrogens with zero attached hydrogens (tertiary/aromatic N) is 1. The molecule has 8 nitrogen and oxygen atoms in total. The number of aromatic nitrogens is 1. The van der Waals surface area contributed by atoms with E-state index in [0.717, 1.165) is 6.08 Å². The molecule has 0 saturated heterocycles. The molecule has 24 heavy (non-hydrogen) atoms. The summed E-state index contributed by atoms with van der Waals surface area (Å²) in [5.41, 5.74) is -0.501. The number of rotatable bonds is 4. The number of ether oxygens (including phenoxy) is 1. The quantitative estimate of drug-likeness (QED) is 0.333. The number of aromatic hydroxyl groups is 2. The molecule has 2 aromatic rings. The zero-order valence-corrected chi connectivity index (χ0v) is 12.0. The Bertz CT molecular complexity index is 842. The van der Waals surface area contributed by atoms with Crippen LogP contribution < -0.4 is 0 Å². The van der Waals surface area contributed by atoms with Crippen molar-refractivity contribution in [1.82, 2.24) is 4.98 Å². The fourth-order valence-electron chi connectivity index (χ4n) is 1.73. The van der Waals surface area contributed by atoms with Gasteiger partial charge in [-0.2, -0.15) is 0 Å². The monoisotopic (exact) mass is 329 g/mol. The van der Waals surface area contributed by atoms with Gasteiger partial charge in [-0.25, -0.2) is 19.4 Å². The Balaban J connectivity index is 2.09. The summed E-state index contributed by atoms with van der Waals surface area (Å²) in [6, 6.07) is 6.35. The van der Waals surface area contributed by atoms with Crippen molar-refractivity contribution >= 4 is 24.0 Å². The number of hydrogen-bond donors (Lipinski definition) is 3. The van der Waals surface area contributed by atoms with E-state index in [9.17, 15) is 24.6 Å². The number of carboxylic acid groups (broad SMARTS) is 1. The Morgan fingerprint density at radius 2 is 1.83 bits per heavy atom. The average Bonchev–Trinajstić information content (AvgIpc) is 2.55. The standard InChI is InChI=1S/C16H11NO7/c18-11-5-3-9(8-12(11)19)4-6-13(20)24-16(23)10-2-1-7-17-14(10)15(21)22/h1-8,18-19H,(H,21,22). The van der Waals surface area contributed by atoms with Gasteiger partial charge in [-0.3, -0.25) is 0 Å². The van der Waals surface area contributed by atoms with E-state index < -0.39 is 23.6 Å². The second kappa shape index (κ2) is 7.05. The molecule has 2 rings (SSSR count). The molecule has 0 amide bonds. The third-order valence-corrected chi connectivity index (χ3v) is 2.83. The molecule has 0 spiro atoms. The van der Waals surface area contributed by atoms with Crippen molar-refractivity contribution < 1.29 is 34.4 Å². The molecule has 0 aliphatic heterocycles. The van der Waals surface area contributed by atoms with Crippen LogP contribution in [0.25, 0.3) is 6.08 Å². The molecular weight excluding hydrogens is 318 g/mol. The zero-order valence-electron chi connectivity index (χ0n) is 12.0. The molecule has 0 radical (unpaired) electrons. The van der Waals surface area contributed by atoms with Crippen molar-refractivity contribution in [3.8, 4) is 11.5 Å². The highest BCUT2D eigenvalue weighted by atomic mass is 16.6. The number of aromatic carboxylic acids is 1. The predicted octanol–water partition coefficient (Wildman–Crippen LogP) is 1.59. The molecule has 0 fully saturated rings. The molecule has 0 unspecified atom stereocenters. The summed E-state index contributed by atoms with van der Waals surface area (Å²) in [6.07, 6.45) is 3.36. The number of carbonyl (C=O) groups excluding carboxylic acids is 2. The molecule has 1 aromatic heterocycles. The molecule has 122 valence electrons. The van der Waals surface area contributed by atoms with E-state index in [0.29, 0.717) is 5.56 Å². The lowest BCUT2D eigenvalue weighted by Crippen LogP contribution is -2.15. The van der Waals surface area contributed by atoms with Gasteiger partial charge in [0.15, 0.2) is 17.2 Å². The lowest BCUT2D eigenvalue weighted by Gasteiger charge is -2.03. The molecule has 0 saturated carbocycles. The molecule has 0 bridgehead atoms. The first-order chi connectivity index (χ1) is 11.4. The van der Waals surface area contributed by atoms with Gasteiger partial charge in [-0.15, -0.1) is 0 Å². The van der Waals surface area contributed by atoms with Crippen LogP contribution in [-0.2, 0) is 9.53 Å². The molecule has 0 atom stereocenters. The van der Waals surface area contributed by atoms with Crippen LogP contribution in [0.15, 0.2) is 42.6 Å². The smallest absolute Gasteiger partial charge is 0.355 e. The average molecular weight is 329 g/mol. The van der Waals surface area contributed by atoms with E-state index in [1.54, 1.807) is 0 Å². The summed E-state index contributed by atoms with van der Waals surface area (Å²) < 4.78 is 4.52. The summed E-state index contributed by atoms with van der Waals surface area (Å²) in [5, 5.41) is 27.4. The van der Waals surface area contributed by atoms with Crippen LogP contribution in [0.1, 0.15) is 26.4 Å². The first kappa shape index (κ1) is 16.7. The summed E-state index contributed by atoms with van der Waals surface area (Å²) in [6.45, 7) is 0. The van der Waals surface area contributed by atoms with Gasteiger partial charge in [0.05, 0.1) is 5.56 Å². The number of pyridine rings is 1. The van der Waals surface area contributed by atoms with Crippen LogP contribution in [0.3, 0.4) is 0 Å². The van der Waals surface area contributed by atoms with E-state index in [1.807, 2.05) is 0 Å². The summed E-state index contributed by atoms with van der Waals surface area (Å²) in [4.78, 5) is 38.0. The molecule has 3 N–H and O–H groups in total. The number of carboxylic acids is 1. The van der Waals surface area contributed by atoms with E-state index in [4.69, 9.17) is 5.11 Å². The second-order valence-electron chi connectivity index (χ2n) is 4.49. The summed E-state index contributed by atoms with van der Waals surface area (Å²) in [7, 11) is 0. The summed E-state index contributed by atoms with van der Waals surface area (Å²) in [5.74, 6) is -4.30. The number of phenolic OH excluding ortho intramolecular Hbond substituents is 2.